The van der Waals surface area contributed by atoms with Gasteiger partial charge in [0.2, 0.25) is 0 Å². The van der Waals surface area contributed by atoms with Crippen LogP contribution >= 0.6 is 0 Å². The molecule has 1 aromatic heterocycles. The first-order chi connectivity index (χ1) is 6.43. The van der Waals surface area contributed by atoms with Gasteiger partial charge >= 0.3 is 89.6 Å². The Balaban J connectivity index is 1.90. The monoisotopic (exact) mass is 289 g/mol. The third-order valence-corrected chi connectivity index (χ3v) is 4.01. The Bertz CT molecular complexity index is 201. The van der Waals surface area contributed by atoms with Crippen LogP contribution in [0.5, 0.6) is 0 Å². The molecular formula is C9H15NO2Sn. The molecule has 0 amide bonds. The summed E-state index contributed by atoms with van der Waals surface area (Å²) in [4.78, 5) is 4.03. The van der Waals surface area contributed by atoms with Crippen LogP contribution in [0.4, 0.5) is 0 Å². The predicted molar refractivity (Wildman–Crippen MR) is 52.0 cm³/mol. The fourth-order valence-corrected chi connectivity index (χ4v) is 2.75. The van der Waals surface area contributed by atoms with Gasteiger partial charge in [-0.15, -0.1) is 0 Å². The fraction of sp³-hybridized carbons (Fsp3) is 0.667. The summed E-state index contributed by atoms with van der Waals surface area (Å²) in [5.41, 5.74) is 0. The Morgan fingerprint density at radius 1 is 1.46 bits per heavy atom. The topological polar surface area (TPSA) is 35.3 Å². The average Bonchev–Trinajstić information content (AvgIpc) is 2.63. The zero-order valence-electron chi connectivity index (χ0n) is 7.95. The van der Waals surface area contributed by atoms with Crippen LogP contribution in [0.15, 0.2) is 17.1 Å². The molecule has 0 N–H and O–H groups in total. The predicted octanol–water partition coefficient (Wildman–Crippen LogP) is 1.52. The van der Waals surface area contributed by atoms with Crippen LogP contribution in [0, 0.1) is 0 Å². The van der Waals surface area contributed by atoms with Crippen molar-refractivity contribution in [3.63, 3.8) is 0 Å². The summed E-state index contributed by atoms with van der Waals surface area (Å²) in [5, 5.41) is 0. The van der Waals surface area contributed by atoms with Crippen molar-refractivity contribution >= 4 is 25.3 Å². The van der Waals surface area contributed by atoms with Gasteiger partial charge < -0.3 is 0 Å². The van der Waals surface area contributed by atoms with Crippen molar-refractivity contribution in [2.45, 2.75) is 32.6 Å². The Morgan fingerprint density at radius 3 is 3.08 bits per heavy atom. The van der Waals surface area contributed by atoms with Crippen LogP contribution in [-0.2, 0) is 3.07 Å². The Morgan fingerprint density at radius 2 is 2.38 bits per heavy atom. The number of oxazole rings is 1. The van der Waals surface area contributed by atoms with Crippen molar-refractivity contribution in [3.05, 3.63) is 12.7 Å². The van der Waals surface area contributed by atoms with Crippen molar-refractivity contribution in [3.8, 4) is 0 Å². The molecular weight excluding hydrogens is 273 g/mol. The molecule has 3 nitrogen and oxygen atoms in total. The minimum absolute atomic E-state index is 0.873. The molecule has 0 saturated carbocycles. The zero-order chi connectivity index (χ0) is 9.36. The van der Waals surface area contributed by atoms with Gasteiger partial charge in [-0.3, -0.25) is 0 Å². The van der Waals surface area contributed by atoms with Crippen molar-refractivity contribution in [2.24, 2.45) is 0 Å². The van der Waals surface area contributed by atoms with E-state index in [4.69, 9.17) is 7.49 Å². The standard InChI is InChI=1S/C6H13O.C3H2NO.Sn/c1-2-3-4-5-6-7;1-2-5-3-4-1;/h2-6H2,1H3;2-3H;/q-1;;+1. The van der Waals surface area contributed by atoms with Crippen LogP contribution < -0.4 is 3.71 Å². The Labute approximate surface area is 89.6 Å². The van der Waals surface area contributed by atoms with E-state index in [9.17, 15) is 0 Å². The first-order valence-electron chi connectivity index (χ1n) is 4.69. The van der Waals surface area contributed by atoms with Crippen LogP contribution in [0.2, 0.25) is 0 Å². The molecule has 1 rings (SSSR count). The van der Waals surface area contributed by atoms with E-state index in [2.05, 4.69) is 11.9 Å². The van der Waals surface area contributed by atoms with E-state index in [1.54, 1.807) is 6.26 Å². The van der Waals surface area contributed by atoms with Crippen molar-refractivity contribution < 1.29 is 7.49 Å². The summed E-state index contributed by atoms with van der Waals surface area (Å²) in [6.45, 7) is 3.12. The van der Waals surface area contributed by atoms with Gasteiger partial charge in [-0.25, -0.2) is 0 Å². The second kappa shape index (κ2) is 7.38. The van der Waals surface area contributed by atoms with E-state index in [1.807, 2.05) is 0 Å². The molecule has 0 bridgehead atoms. The number of nitrogens with zero attached hydrogens (tertiary/aromatic N) is 1. The molecule has 0 spiro atoms. The molecule has 0 aliphatic carbocycles. The minimum atomic E-state index is -0.873. The SMILES string of the molecule is CCCCCC[O][Sn][c]1cocn1. The average molecular weight is 288 g/mol. The molecule has 72 valence electrons. The Kier molecular flexibility index (Phi) is 6.27. The Hall–Kier alpha value is -0.0313. The maximum atomic E-state index is 5.57. The van der Waals surface area contributed by atoms with Gasteiger partial charge in [0.05, 0.1) is 0 Å². The van der Waals surface area contributed by atoms with Crippen molar-refractivity contribution in [1.29, 1.82) is 0 Å². The molecule has 0 aliphatic rings. The van der Waals surface area contributed by atoms with Gasteiger partial charge in [0.15, 0.2) is 0 Å². The molecule has 0 aliphatic heterocycles. The van der Waals surface area contributed by atoms with Crippen molar-refractivity contribution in [1.82, 2.24) is 4.98 Å². The molecule has 0 saturated heterocycles. The summed E-state index contributed by atoms with van der Waals surface area (Å²) in [6.07, 6.45) is 8.23. The second-order valence-electron chi connectivity index (χ2n) is 2.88. The maximum absolute atomic E-state index is 5.57. The summed E-state index contributed by atoms with van der Waals surface area (Å²) in [7, 11) is 0. The quantitative estimate of drug-likeness (QED) is 0.563. The van der Waals surface area contributed by atoms with E-state index in [1.165, 1.54) is 32.1 Å². The van der Waals surface area contributed by atoms with E-state index in [0.717, 1.165) is 10.3 Å². The summed E-state index contributed by atoms with van der Waals surface area (Å²) >= 11 is -0.873. The van der Waals surface area contributed by atoms with Gasteiger partial charge in [0.1, 0.15) is 0 Å². The molecule has 0 fully saturated rings. The summed E-state index contributed by atoms with van der Waals surface area (Å²) in [6, 6.07) is 0. The van der Waals surface area contributed by atoms with Crippen LogP contribution in [0.25, 0.3) is 0 Å². The molecule has 0 aromatic carbocycles. The molecule has 1 heterocycles. The van der Waals surface area contributed by atoms with Crippen LogP contribution in [0.3, 0.4) is 0 Å². The van der Waals surface area contributed by atoms with E-state index >= 15 is 0 Å². The normalized spacial score (nSPS) is 10.5. The summed E-state index contributed by atoms with van der Waals surface area (Å²) in [5.74, 6) is 0. The number of hydrogen-bond acceptors (Lipinski definition) is 3. The van der Waals surface area contributed by atoms with Gasteiger partial charge in [-0.05, 0) is 0 Å². The third-order valence-electron chi connectivity index (χ3n) is 1.71. The third kappa shape index (κ3) is 5.31. The number of hydrogen-bond donors (Lipinski definition) is 0. The van der Waals surface area contributed by atoms with Crippen molar-refractivity contribution in [2.75, 3.05) is 6.61 Å². The van der Waals surface area contributed by atoms with E-state index < -0.39 is 21.6 Å². The molecule has 0 unspecified atom stereocenters. The number of rotatable bonds is 7. The van der Waals surface area contributed by atoms with E-state index in [-0.39, 0.29) is 0 Å². The molecule has 2 radical (unpaired) electrons. The van der Waals surface area contributed by atoms with Gasteiger partial charge in [0, 0.05) is 0 Å². The fourth-order valence-electron chi connectivity index (χ4n) is 0.989. The van der Waals surface area contributed by atoms with E-state index in [0.29, 0.717) is 0 Å². The van der Waals surface area contributed by atoms with Gasteiger partial charge in [0.25, 0.3) is 0 Å². The second-order valence-corrected chi connectivity index (χ2v) is 5.75. The number of unbranched alkanes of at least 4 members (excludes halogenated alkanes) is 3. The van der Waals surface area contributed by atoms with Crippen LogP contribution in [-0.4, -0.2) is 33.1 Å². The molecule has 13 heavy (non-hydrogen) atoms. The van der Waals surface area contributed by atoms with Gasteiger partial charge in [-0.2, -0.15) is 0 Å². The van der Waals surface area contributed by atoms with Crippen LogP contribution in [0.1, 0.15) is 32.6 Å². The molecule has 4 heteroatoms. The summed E-state index contributed by atoms with van der Waals surface area (Å²) < 4.78 is 11.5. The first kappa shape index (κ1) is 11.0. The zero-order valence-corrected chi connectivity index (χ0v) is 10.8. The molecule has 0 atom stereocenters. The molecule has 1 aromatic rings. The first-order valence-corrected chi connectivity index (χ1v) is 7.28. The number of aromatic nitrogens is 1. The van der Waals surface area contributed by atoms with Gasteiger partial charge in [-0.1, -0.05) is 0 Å².